The molecule has 0 aliphatic heterocycles. The molecule has 0 saturated carbocycles. The lowest BCUT2D eigenvalue weighted by atomic mass is 9.76. The van der Waals surface area contributed by atoms with Crippen molar-refractivity contribution in [2.45, 2.75) is 108 Å². The van der Waals surface area contributed by atoms with Gasteiger partial charge in [0.15, 0.2) is 0 Å². The summed E-state index contributed by atoms with van der Waals surface area (Å²) in [4.78, 5) is 21.8. The first-order valence-corrected chi connectivity index (χ1v) is 13.1. The Balaban J connectivity index is -0.000000551. The molecule has 0 spiro atoms. The van der Waals surface area contributed by atoms with Crippen LogP contribution in [0, 0.1) is 29.6 Å². The predicted octanol–water partition coefficient (Wildman–Crippen LogP) is 8.08. The Bertz CT molecular complexity index is 574. The Hall–Kier alpha value is -1.68. The highest BCUT2D eigenvalue weighted by molar-refractivity contribution is 5.71. The number of aldehydes is 1. The smallest absolute Gasteiger partial charge is 0.320 e. The third-order valence-corrected chi connectivity index (χ3v) is 6.16. The summed E-state index contributed by atoms with van der Waals surface area (Å²) in [5, 5.41) is 0. The van der Waals surface area contributed by atoms with Crippen LogP contribution in [0.4, 0.5) is 0 Å². The van der Waals surface area contributed by atoms with Crippen LogP contribution in [0.2, 0.25) is 0 Å². The van der Waals surface area contributed by atoms with Gasteiger partial charge in [0.25, 0.3) is 0 Å². The van der Waals surface area contributed by atoms with E-state index in [0.29, 0.717) is 12.5 Å². The molecule has 34 heavy (non-hydrogen) atoms. The zero-order chi connectivity index (χ0) is 25.6. The van der Waals surface area contributed by atoms with Gasteiger partial charge in [-0.05, 0) is 42.1 Å². The summed E-state index contributed by atoms with van der Waals surface area (Å²) in [5.74, 6) is 2.77. The van der Waals surface area contributed by atoms with Crippen LogP contribution in [-0.2, 0) is 20.9 Å². The van der Waals surface area contributed by atoms with Crippen LogP contribution in [0.5, 0.6) is 0 Å². The molecule has 1 rings (SSSR count). The number of hydrogen-bond acceptors (Lipinski definition) is 4. The lowest BCUT2D eigenvalue weighted by molar-refractivity contribution is -0.143. The van der Waals surface area contributed by atoms with Crippen LogP contribution < -0.4 is 5.73 Å². The van der Waals surface area contributed by atoms with E-state index in [1.54, 1.807) is 0 Å². The van der Waals surface area contributed by atoms with Gasteiger partial charge in [0.2, 0.25) is 0 Å². The monoisotopic (exact) mass is 479 g/mol. The Morgan fingerprint density at radius 2 is 1.56 bits per heavy atom. The van der Waals surface area contributed by atoms with E-state index < -0.39 is 0 Å². The van der Waals surface area contributed by atoms with Crippen LogP contribution in [-0.4, -0.2) is 18.8 Å². The SMILES string of the molecule is C.CC.CCCC(C)C(CC)CC(CCC(C)C)[C@H](C)C=O.NCC(=O)OCc1ccccc1. The Morgan fingerprint density at radius 3 is 2.00 bits per heavy atom. The number of esters is 1. The fraction of sp³-hybridized carbons (Fsp3) is 0.733. The first-order chi connectivity index (χ1) is 15.8. The van der Waals surface area contributed by atoms with Crippen molar-refractivity contribution in [3.63, 3.8) is 0 Å². The molecule has 0 aliphatic carbocycles. The average molecular weight is 480 g/mol. The predicted molar refractivity (Wildman–Crippen MR) is 149 cm³/mol. The van der Waals surface area contributed by atoms with E-state index in [0.717, 1.165) is 23.3 Å². The van der Waals surface area contributed by atoms with E-state index in [2.05, 4.69) is 41.5 Å². The minimum atomic E-state index is -0.376. The number of hydrogen-bond donors (Lipinski definition) is 1. The second-order valence-corrected chi connectivity index (χ2v) is 9.25. The first kappa shape index (κ1) is 36.9. The van der Waals surface area contributed by atoms with Gasteiger partial charge in [-0.15, -0.1) is 0 Å². The van der Waals surface area contributed by atoms with Crippen molar-refractivity contribution in [1.29, 1.82) is 0 Å². The largest absolute Gasteiger partial charge is 0.460 e. The molecule has 4 nitrogen and oxygen atoms in total. The molecular formula is C30H57NO3. The van der Waals surface area contributed by atoms with E-state index in [1.165, 1.54) is 44.8 Å². The molecule has 0 fully saturated rings. The van der Waals surface area contributed by atoms with Gasteiger partial charge in [-0.3, -0.25) is 4.79 Å². The number of carbonyl (C=O) groups is 2. The number of rotatable bonds is 14. The van der Waals surface area contributed by atoms with Gasteiger partial charge < -0.3 is 15.3 Å². The van der Waals surface area contributed by atoms with Gasteiger partial charge in [0, 0.05) is 5.92 Å². The van der Waals surface area contributed by atoms with Gasteiger partial charge in [-0.25, -0.2) is 0 Å². The van der Waals surface area contributed by atoms with Gasteiger partial charge in [-0.1, -0.05) is 119 Å². The van der Waals surface area contributed by atoms with Crippen molar-refractivity contribution >= 4 is 12.3 Å². The second kappa shape index (κ2) is 24.4. The van der Waals surface area contributed by atoms with E-state index in [9.17, 15) is 9.59 Å². The van der Waals surface area contributed by atoms with Crippen LogP contribution in [0.3, 0.4) is 0 Å². The fourth-order valence-corrected chi connectivity index (χ4v) is 3.93. The molecule has 1 aromatic carbocycles. The normalized spacial score (nSPS) is 13.6. The quantitative estimate of drug-likeness (QED) is 0.216. The maximum Gasteiger partial charge on any atom is 0.320 e. The molecule has 0 heterocycles. The third-order valence-electron chi connectivity index (χ3n) is 6.16. The van der Waals surface area contributed by atoms with Crippen molar-refractivity contribution < 1.29 is 14.3 Å². The summed E-state index contributed by atoms with van der Waals surface area (Å²) in [6.07, 6.45) is 8.73. The van der Waals surface area contributed by atoms with Crippen LogP contribution >= 0.6 is 0 Å². The summed E-state index contributed by atoms with van der Waals surface area (Å²) in [5.41, 5.74) is 6.03. The maximum atomic E-state index is 11.2. The second-order valence-electron chi connectivity index (χ2n) is 9.25. The molecule has 0 saturated heterocycles. The molecule has 1 aromatic rings. The molecule has 0 bridgehead atoms. The van der Waals surface area contributed by atoms with Crippen molar-refractivity contribution in [2.75, 3.05) is 6.54 Å². The number of nitrogens with two attached hydrogens (primary N) is 1. The number of benzene rings is 1. The van der Waals surface area contributed by atoms with Crippen LogP contribution in [0.25, 0.3) is 0 Å². The average Bonchev–Trinajstić information content (AvgIpc) is 2.84. The van der Waals surface area contributed by atoms with Crippen molar-refractivity contribution in [1.82, 2.24) is 0 Å². The highest BCUT2D eigenvalue weighted by Gasteiger charge is 2.24. The summed E-state index contributed by atoms with van der Waals surface area (Å²) >= 11 is 0. The van der Waals surface area contributed by atoms with Gasteiger partial charge in [0.05, 0.1) is 6.54 Å². The maximum absolute atomic E-state index is 11.2. The van der Waals surface area contributed by atoms with Crippen molar-refractivity contribution in [3.05, 3.63) is 35.9 Å². The van der Waals surface area contributed by atoms with Crippen molar-refractivity contribution in [3.8, 4) is 0 Å². The van der Waals surface area contributed by atoms with E-state index >= 15 is 0 Å². The topological polar surface area (TPSA) is 69.4 Å². The van der Waals surface area contributed by atoms with Gasteiger partial charge >= 0.3 is 5.97 Å². The minimum Gasteiger partial charge on any atom is -0.460 e. The summed E-state index contributed by atoms with van der Waals surface area (Å²) in [6, 6.07) is 9.49. The van der Waals surface area contributed by atoms with Crippen LogP contribution in [0.15, 0.2) is 30.3 Å². The first-order valence-electron chi connectivity index (χ1n) is 13.1. The third kappa shape index (κ3) is 18.7. The van der Waals surface area contributed by atoms with Gasteiger partial charge in [-0.2, -0.15) is 0 Å². The fourth-order valence-electron chi connectivity index (χ4n) is 3.93. The summed E-state index contributed by atoms with van der Waals surface area (Å²) in [6.45, 7) is 17.9. The molecule has 0 aliphatic rings. The highest BCUT2D eigenvalue weighted by atomic mass is 16.5. The molecule has 200 valence electrons. The summed E-state index contributed by atoms with van der Waals surface area (Å²) < 4.78 is 4.81. The Morgan fingerprint density at radius 1 is 0.971 bits per heavy atom. The lowest BCUT2D eigenvalue weighted by Gasteiger charge is -2.29. The number of carbonyl (C=O) groups excluding carboxylic acids is 2. The Kier molecular flexibility index (Phi) is 26.5. The molecule has 4 atom stereocenters. The molecule has 4 heteroatoms. The summed E-state index contributed by atoms with van der Waals surface area (Å²) in [7, 11) is 0. The lowest BCUT2D eigenvalue weighted by Crippen LogP contribution is -2.21. The molecular weight excluding hydrogens is 422 g/mol. The Labute approximate surface area is 212 Å². The van der Waals surface area contributed by atoms with E-state index in [-0.39, 0.29) is 25.9 Å². The van der Waals surface area contributed by atoms with Crippen molar-refractivity contribution in [2.24, 2.45) is 35.3 Å². The zero-order valence-electron chi connectivity index (χ0n) is 22.8. The van der Waals surface area contributed by atoms with Gasteiger partial charge in [0.1, 0.15) is 12.9 Å². The standard InChI is InChI=1S/C18H36O.C9H11NO2.C2H6.CH4/c1-7-9-15(5)17(8-2)12-18(16(6)13-19)11-10-14(3)4;10-6-9(11)12-7-8-4-2-1-3-5-8;1-2;/h13-18H,7-12H2,1-6H3;1-5H,6-7,10H2;1-2H3;1H4/t15?,16-,17?,18?;;;/m1.../s1. The molecule has 0 radical (unpaired) electrons. The molecule has 3 unspecified atom stereocenters. The molecule has 2 N–H and O–H groups in total. The highest BCUT2D eigenvalue weighted by Crippen LogP contribution is 2.32. The molecule has 0 amide bonds. The zero-order valence-corrected chi connectivity index (χ0v) is 22.8. The number of ether oxygens (including phenoxy) is 1. The van der Waals surface area contributed by atoms with E-state index in [4.69, 9.17) is 10.5 Å². The van der Waals surface area contributed by atoms with Crippen LogP contribution in [0.1, 0.15) is 107 Å². The minimum absolute atomic E-state index is 0. The van der Waals surface area contributed by atoms with E-state index in [1.807, 2.05) is 44.2 Å². The molecule has 0 aromatic heterocycles.